The molecular weight excluding hydrogens is 859 g/mol. The molecule has 16 heteroatoms. The van der Waals surface area contributed by atoms with Gasteiger partial charge in [-0.15, -0.1) is 11.3 Å². The van der Waals surface area contributed by atoms with Gasteiger partial charge in [0.25, 0.3) is 0 Å². The van der Waals surface area contributed by atoms with E-state index in [1.165, 1.54) is 11.3 Å². The van der Waals surface area contributed by atoms with Crippen molar-refractivity contribution in [3.63, 3.8) is 0 Å². The van der Waals surface area contributed by atoms with Gasteiger partial charge < -0.3 is 45.7 Å². The summed E-state index contributed by atoms with van der Waals surface area (Å²) in [5.74, 6) is -2.46. The van der Waals surface area contributed by atoms with E-state index in [0.717, 1.165) is 17.0 Å². The minimum Gasteiger partial charge on any atom is -0.379 e. The zero-order chi connectivity index (χ0) is 49.6. The molecule has 1 saturated heterocycles. The molecule has 1 aliphatic rings. The topological polar surface area (TPSA) is 195 Å². The number of nitrogens with one attached hydrogen (secondary N) is 3. The van der Waals surface area contributed by atoms with Crippen LogP contribution in [0, 0.1) is 17.8 Å². The quantitative estimate of drug-likeness (QED) is 0.0801. The maximum absolute atomic E-state index is 14.5. The summed E-state index contributed by atoms with van der Waals surface area (Å²) in [5.41, 5.74) is 4.91. The second-order valence-corrected chi connectivity index (χ2v) is 21.4. The third-order valence-corrected chi connectivity index (χ3v) is 13.9. The number of nitrogens with zero attached hydrogens (tertiary/aromatic N) is 3. The number of likely N-dealkylation sites (tertiary alicyclic amines) is 1. The monoisotopic (exact) mass is 942 g/mol. The summed E-state index contributed by atoms with van der Waals surface area (Å²) in [6, 6.07) is 7.83. The maximum Gasteiger partial charge on any atom is 0.245 e. The van der Waals surface area contributed by atoms with Gasteiger partial charge in [-0.2, -0.15) is 0 Å². The van der Waals surface area contributed by atoms with Crippen molar-refractivity contribution in [2.45, 2.75) is 181 Å². The summed E-state index contributed by atoms with van der Waals surface area (Å²) in [6.07, 6.45) is 4.40. The Kier molecular flexibility index (Phi) is 21.7. The van der Waals surface area contributed by atoms with Crippen LogP contribution in [0.15, 0.2) is 41.9 Å². The van der Waals surface area contributed by atoms with Crippen LogP contribution in [0.3, 0.4) is 0 Å². The Morgan fingerprint density at radius 1 is 0.970 bits per heavy atom. The van der Waals surface area contributed by atoms with E-state index in [-0.39, 0.29) is 65.9 Å². The molecule has 0 spiro atoms. The van der Waals surface area contributed by atoms with Crippen molar-refractivity contribution in [2.75, 3.05) is 34.4 Å². The lowest BCUT2D eigenvalue weighted by Crippen LogP contribution is -2.62. The van der Waals surface area contributed by atoms with Crippen molar-refractivity contribution in [3.05, 3.63) is 52.5 Å². The Balaban J connectivity index is 1.72. The molecule has 5 N–H and O–H groups in total. The van der Waals surface area contributed by atoms with Gasteiger partial charge in [0.2, 0.25) is 29.5 Å². The minimum atomic E-state index is -1.33. The largest absolute Gasteiger partial charge is 0.379 e. The van der Waals surface area contributed by atoms with Crippen molar-refractivity contribution in [1.29, 1.82) is 0 Å². The summed E-state index contributed by atoms with van der Waals surface area (Å²) >= 11 is 1.49. The van der Waals surface area contributed by atoms with Crippen LogP contribution >= 0.6 is 11.3 Å². The Hall–Kier alpha value is -3.96. The predicted molar refractivity (Wildman–Crippen MR) is 260 cm³/mol. The van der Waals surface area contributed by atoms with Crippen LogP contribution in [0.1, 0.15) is 138 Å². The number of carbonyl (C=O) groups excluding carboxylic acids is 5. The first-order chi connectivity index (χ1) is 30.9. The molecule has 5 amide bonds. The van der Waals surface area contributed by atoms with E-state index in [9.17, 15) is 24.0 Å². The van der Waals surface area contributed by atoms with E-state index >= 15 is 0 Å². The average molecular weight is 942 g/mol. The smallest absolute Gasteiger partial charge is 0.245 e. The molecule has 2 aromatic rings. The second-order valence-electron chi connectivity index (χ2n) is 20.4. The van der Waals surface area contributed by atoms with E-state index in [0.29, 0.717) is 45.3 Å². The molecule has 1 unspecified atom stereocenters. The first-order valence-electron chi connectivity index (χ1n) is 23.8. The molecule has 2 heterocycles. The molecule has 15 nitrogen and oxygen atoms in total. The van der Waals surface area contributed by atoms with Crippen LogP contribution in [0.25, 0.3) is 0 Å². The number of ether oxygens (including phenoxy) is 3. The number of nitrogens with two attached hydrogens (primary N) is 1. The summed E-state index contributed by atoms with van der Waals surface area (Å²) in [4.78, 5) is 77.9. The van der Waals surface area contributed by atoms with Gasteiger partial charge in [-0.25, -0.2) is 4.98 Å². The molecule has 1 fully saturated rings. The molecular formula is C50H83N7O8S. The van der Waals surface area contributed by atoms with E-state index in [4.69, 9.17) is 19.9 Å². The van der Waals surface area contributed by atoms with Gasteiger partial charge in [0.15, 0.2) is 0 Å². The minimum absolute atomic E-state index is 0.00947. The molecule has 1 aromatic heterocycles. The van der Waals surface area contributed by atoms with E-state index in [1.54, 1.807) is 46.2 Å². The van der Waals surface area contributed by atoms with Gasteiger partial charge in [0, 0.05) is 58.0 Å². The number of rotatable bonds is 27. The van der Waals surface area contributed by atoms with Gasteiger partial charge in [-0.1, -0.05) is 71.4 Å². The number of likely N-dealkylation sites (N-methyl/N-ethyl adjacent to an activating group) is 1. The summed E-state index contributed by atoms with van der Waals surface area (Å²) in [7, 11) is 4.82. The number of methoxy groups -OCH3 is 2. The van der Waals surface area contributed by atoms with E-state index in [1.807, 2.05) is 103 Å². The number of aromatic nitrogens is 1. The standard InChI is InChI=1S/C50H83N7O8S/c1-15-33(4)42(56(12)46(61)41(32(2)3)54-47(62)50(10,11)55-39(58)23-24-49(8,9)65-28-25-48(6,7)51)38(63-13)31-40(59)57-27-19-22-37(57)43(64-14)34(5)44(60)53-36(45-52-26-29-66-45)30-35-20-17-16-18-21-35/h16-18,20-21,26,29,32-34,36-38,41-43H,15,19,22-25,27-28,30-31,51H2,1-14H3,(H,53,60)(H,54,62)(H,55,58)/t33-,34+,36-,37-,38+,41-,42?,43+/m0/s1. The summed E-state index contributed by atoms with van der Waals surface area (Å²) < 4.78 is 18.1. The van der Waals surface area contributed by atoms with Crippen LogP contribution in [0.4, 0.5) is 0 Å². The lowest BCUT2D eigenvalue weighted by atomic mass is 9.89. The molecule has 3 rings (SSSR count). The number of benzene rings is 1. The van der Waals surface area contributed by atoms with Crippen LogP contribution < -0.4 is 21.7 Å². The lowest BCUT2D eigenvalue weighted by molar-refractivity contribution is -0.148. The van der Waals surface area contributed by atoms with E-state index in [2.05, 4.69) is 20.9 Å². The Bertz CT molecular complexity index is 1840. The van der Waals surface area contributed by atoms with E-state index < -0.39 is 47.3 Å². The summed E-state index contributed by atoms with van der Waals surface area (Å²) in [6.45, 7) is 21.5. The third kappa shape index (κ3) is 16.7. The van der Waals surface area contributed by atoms with Crippen molar-refractivity contribution in [2.24, 2.45) is 23.5 Å². The number of hydrogen-bond acceptors (Lipinski definition) is 11. The highest BCUT2D eigenvalue weighted by Gasteiger charge is 2.44. The zero-order valence-electron chi connectivity index (χ0n) is 42.4. The van der Waals surface area contributed by atoms with Crippen LogP contribution in [-0.4, -0.2) is 126 Å². The maximum atomic E-state index is 14.5. The van der Waals surface area contributed by atoms with Crippen LogP contribution in [0.5, 0.6) is 0 Å². The highest BCUT2D eigenvalue weighted by Crippen LogP contribution is 2.31. The van der Waals surface area contributed by atoms with Crippen molar-refractivity contribution < 1.29 is 38.2 Å². The first kappa shape index (κ1) is 56.4. The number of hydrogen-bond donors (Lipinski definition) is 4. The van der Waals surface area contributed by atoms with Gasteiger partial charge in [-0.3, -0.25) is 24.0 Å². The molecule has 0 radical (unpaired) electrons. The fourth-order valence-electron chi connectivity index (χ4n) is 8.67. The van der Waals surface area contributed by atoms with Gasteiger partial charge in [-0.05, 0) is 91.0 Å². The molecule has 0 saturated carbocycles. The zero-order valence-corrected chi connectivity index (χ0v) is 43.2. The average Bonchev–Trinajstić information content (AvgIpc) is 3.97. The molecule has 372 valence electrons. The normalized spacial score (nSPS) is 17.9. The van der Waals surface area contributed by atoms with Gasteiger partial charge >= 0.3 is 0 Å². The molecule has 8 atom stereocenters. The number of thiazole rings is 1. The molecule has 0 bridgehead atoms. The molecule has 1 aliphatic heterocycles. The molecule has 0 aliphatic carbocycles. The highest BCUT2D eigenvalue weighted by molar-refractivity contribution is 7.09. The Morgan fingerprint density at radius 2 is 1.64 bits per heavy atom. The predicted octanol–water partition coefficient (Wildman–Crippen LogP) is 6.20. The second kappa shape index (κ2) is 25.4. The fraction of sp³-hybridized carbons (Fsp3) is 0.720. The van der Waals surface area contributed by atoms with Crippen molar-refractivity contribution in [1.82, 2.24) is 30.7 Å². The number of amides is 5. The molecule has 1 aromatic carbocycles. The molecule has 66 heavy (non-hydrogen) atoms. The number of carbonyl (C=O) groups is 5. The van der Waals surface area contributed by atoms with Gasteiger partial charge in [0.05, 0.1) is 48.3 Å². The first-order valence-corrected chi connectivity index (χ1v) is 24.6. The van der Waals surface area contributed by atoms with Crippen LogP contribution in [0.2, 0.25) is 0 Å². The van der Waals surface area contributed by atoms with Crippen molar-refractivity contribution >= 4 is 40.9 Å². The Morgan fingerprint density at radius 3 is 2.20 bits per heavy atom. The van der Waals surface area contributed by atoms with Crippen molar-refractivity contribution in [3.8, 4) is 0 Å². The summed E-state index contributed by atoms with van der Waals surface area (Å²) in [5, 5.41) is 11.7. The lowest BCUT2D eigenvalue weighted by Gasteiger charge is -2.41. The highest BCUT2D eigenvalue weighted by atomic mass is 32.1. The third-order valence-electron chi connectivity index (χ3n) is 13.0. The Labute approximate surface area is 399 Å². The van der Waals surface area contributed by atoms with Gasteiger partial charge in [0.1, 0.15) is 16.6 Å². The van der Waals surface area contributed by atoms with Crippen LogP contribution in [-0.2, 0) is 44.6 Å². The SMILES string of the molecule is CC[C@H](C)C([C@@H](CC(=O)N1CCC[C@H]1[C@H](OC)[C@@H](C)C(=O)N[C@@H](Cc1ccccc1)c1nccs1)OC)N(C)C(=O)[C@@H](NC(=O)C(C)(C)NC(=O)CCC(C)(C)OCCC(C)(C)N)C(C)C. The fourth-order valence-corrected chi connectivity index (χ4v) is 9.35.